The third-order valence-corrected chi connectivity index (χ3v) is 5.75. The molecule has 0 aromatic heterocycles. The van der Waals surface area contributed by atoms with Crippen LogP contribution >= 0.6 is 0 Å². The summed E-state index contributed by atoms with van der Waals surface area (Å²) < 4.78 is 48.4. The molecule has 1 N–H and O–H groups in total. The van der Waals surface area contributed by atoms with Crippen LogP contribution in [0.2, 0.25) is 0 Å². The van der Waals surface area contributed by atoms with Crippen LogP contribution in [-0.2, 0) is 22.6 Å². The van der Waals surface area contributed by atoms with E-state index in [-0.39, 0.29) is 43.1 Å². The van der Waals surface area contributed by atoms with E-state index in [4.69, 9.17) is 4.74 Å². The summed E-state index contributed by atoms with van der Waals surface area (Å²) in [6.07, 6.45) is -0.160. The van der Waals surface area contributed by atoms with Gasteiger partial charge in [0.15, 0.2) is 0 Å². The average Bonchev–Trinajstić information content (AvgIpc) is 3.14. The van der Waals surface area contributed by atoms with E-state index in [0.717, 1.165) is 17.7 Å². The first-order valence-corrected chi connectivity index (χ1v) is 10.6. The fourth-order valence-electron chi connectivity index (χ4n) is 4.09. The lowest BCUT2D eigenvalue weighted by molar-refractivity contribution is -0.127. The molecule has 1 aliphatic rings. The van der Waals surface area contributed by atoms with Gasteiger partial charge >= 0.3 is 0 Å². The first-order chi connectivity index (χ1) is 15.9. The molecule has 1 aliphatic heterocycles. The molecule has 1 amide bonds. The molecule has 0 spiro atoms. The smallest absolute Gasteiger partial charge is 0.224 e. The lowest BCUT2D eigenvalue weighted by Gasteiger charge is -2.19. The molecule has 4 rings (SSSR count). The number of hydrogen-bond donors (Lipinski definition) is 1. The number of Topliss-reactive ketones (excluding diaryl/α,β-unsaturated/α-hetero) is 1. The summed E-state index contributed by atoms with van der Waals surface area (Å²) in [6.45, 7) is 0.189. The van der Waals surface area contributed by atoms with Gasteiger partial charge in [0.2, 0.25) is 5.91 Å². The van der Waals surface area contributed by atoms with Crippen molar-refractivity contribution in [1.29, 1.82) is 0 Å². The van der Waals surface area contributed by atoms with Gasteiger partial charge in [-0.1, -0.05) is 42.5 Å². The second kappa shape index (κ2) is 9.90. The lowest BCUT2D eigenvalue weighted by atomic mass is 9.84. The number of benzene rings is 3. The first-order valence-electron chi connectivity index (χ1n) is 10.6. The average molecular weight is 453 g/mol. The minimum absolute atomic E-state index is 0.00794. The van der Waals surface area contributed by atoms with Gasteiger partial charge in [-0.15, -0.1) is 0 Å². The van der Waals surface area contributed by atoms with E-state index in [1.54, 1.807) is 0 Å². The molecule has 33 heavy (non-hydrogen) atoms. The SMILES string of the molecule is O=C(Cc1ccc(F)cc1)C[C@@H]1C(=O)NC[C@H]1c1c(F)cc(OCc2ccccc2)cc1F. The van der Waals surface area contributed by atoms with Gasteiger partial charge in [0.1, 0.15) is 35.6 Å². The van der Waals surface area contributed by atoms with Crippen LogP contribution in [0.5, 0.6) is 5.75 Å². The Kier molecular flexibility index (Phi) is 6.77. The molecule has 0 saturated carbocycles. The normalized spacial score (nSPS) is 17.6. The first kappa shape index (κ1) is 22.6. The van der Waals surface area contributed by atoms with E-state index in [1.165, 1.54) is 24.3 Å². The van der Waals surface area contributed by atoms with Crippen LogP contribution in [0.15, 0.2) is 66.7 Å². The predicted octanol–water partition coefficient (Wildman–Crippen LogP) is 4.71. The predicted molar refractivity (Wildman–Crippen MR) is 116 cm³/mol. The molecule has 3 aromatic carbocycles. The van der Waals surface area contributed by atoms with Crippen molar-refractivity contribution in [2.75, 3.05) is 6.54 Å². The molecular weight excluding hydrogens is 431 g/mol. The molecule has 3 aromatic rings. The Labute approximate surface area is 189 Å². The van der Waals surface area contributed by atoms with Gasteiger partial charge in [0, 0.05) is 43.0 Å². The second-order valence-electron chi connectivity index (χ2n) is 8.08. The number of amides is 1. The van der Waals surface area contributed by atoms with E-state index in [1.807, 2.05) is 30.3 Å². The number of carbonyl (C=O) groups excluding carboxylic acids is 2. The number of nitrogens with one attached hydrogen (secondary N) is 1. The van der Waals surface area contributed by atoms with E-state index in [0.29, 0.717) is 5.56 Å². The summed E-state index contributed by atoms with van der Waals surface area (Å²) >= 11 is 0. The topological polar surface area (TPSA) is 55.4 Å². The van der Waals surface area contributed by atoms with Crippen LogP contribution < -0.4 is 10.1 Å². The molecule has 0 aliphatic carbocycles. The Balaban J connectivity index is 1.47. The fourth-order valence-corrected chi connectivity index (χ4v) is 4.09. The Hall–Kier alpha value is -3.61. The number of ether oxygens (including phenoxy) is 1. The Morgan fingerprint density at radius 1 is 0.939 bits per heavy atom. The van der Waals surface area contributed by atoms with Gasteiger partial charge < -0.3 is 10.1 Å². The van der Waals surface area contributed by atoms with Crippen LogP contribution in [0.25, 0.3) is 0 Å². The third kappa shape index (κ3) is 5.42. The highest BCUT2D eigenvalue weighted by Gasteiger charge is 2.39. The van der Waals surface area contributed by atoms with E-state index < -0.39 is 35.2 Å². The zero-order chi connectivity index (χ0) is 23.4. The van der Waals surface area contributed by atoms with Gasteiger partial charge in [-0.2, -0.15) is 0 Å². The van der Waals surface area contributed by atoms with Crippen molar-refractivity contribution in [3.63, 3.8) is 0 Å². The zero-order valence-corrected chi connectivity index (χ0v) is 17.7. The zero-order valence-electron chi connectivity index (χ0n) is 17.7. The van der Waals surface area contributed by atoms with Crippen molar-refractivity contribution in [3.05, 3.63) is 101 Å². The van der Waals surface area contributed by atoms with E-state index >= 15 is 0 Å². The molecule has 170 valence electrons. The molecule has 1 saturated heterocycles. The maximum absolute atomic E-state index is 14.9. The van der Waals surface area contributed by atoms with Crippen LogP contribution in [0.4, 0.5) is 13.2 Å². The highest BCUT2D eigenvalue weighted by Crippen LogP contribution is 2.36. The van der Waals surface area contributed by atoms with Crippen molar-refractivity contribution in [2.45, 2.75) is 25.4 Å². The molecule has 1 fully saturated rings. The largest absolute Gasteiger partial charge is 0.489 e. The molecule has 0 radical (unpaired) electrons. The van der Waals surface area contributed by atoms with Crippen molar-refractivity contribution in [1.82, 2.24) is 5.32 Å². The summed E-state index contributed by atoms with van der Waals surface area (Å²) in [7, 11) is 0. The van der Waals surface area contributed by atoms with E-state index in [9.17, 15) is 22.8 Å². The van der Waals surface area contributed by atoms with Crippen LogP contribution in [-0.4, -0.2) is 18.2 Å². The maximum Gasteiger partial charge on any atom is 0.224 e. The lowest BCUT2D eigenvalue weighted by Crippen LogP contribution is -2.23. The van der Waals surface area contributed by atoms with Gasteiger partial charge in [-0.3, -0.25) is 9.59 Å². The van der Waals surface area contributed by atoms with Crippen LogP contribution in [0.3, 0.4) is 0 Å². The van der Waals surface area contributed by atoms with Crippen molar-refractivity contribution < 1.29 is 27.5 Å². The Bertz CT molecular complexity index is 1130. The molecule has 0 unspecified atom stereocenters. The summed E-state index contributed by atoms with van der Waals surface area (Å²) in [4.78, 5) is 24.9. The number of ketones is 1. The van der Waals surface area contributed by atoms with Gasteiger partial charge in [-0.05, 0) is 23.3 Å². The summed E-state index contributed by atoms with van der Waals surface area (Å²) in [6, 6.07) is 16.9. The number of rotatable bonds is 8. The molecule has 0 bridgehead atoms. The number of carbonyl (C=O) groups is 2. The Morgan fingerprint density at radius 3 is 2.27 bits per heavy atom. The molecular formula is C26H22F3NO3. The monoisotopic (exact) mass is 453 g/mol. The van der Waals surface area contributed by atoms with Gasteiger partial charge in [0.25, 0.3) is 0 Å². The maximum atomic E-state index is 14.9. The third-order valence-electron chi connectivity index (χ3n) is 5.75. The molecule has 2 atom stereocenters. The Morgan fingerprint density at radius 2 is 1.61 bits per heavy atom. The van der Waals surface area contributed by atoms with Crippen LogP contribution in [0.1, 0.15) is 29.0 Å². The van der Waals surface area contributed by atoms with Crippen molar-refractivity contribution in [2.24, 2.45) is 5.92 Å². The second-order valence-corrected chi connectivity index (χ2v) is 8.08. The standard InChI is InChI=1S/C26H22F3NO3/c27-18-8-6-16(7-9-18)10-19(31)11-21-22(14-30-26(21)32)25-23(28)12-20(13-24(25)29)33-15-17-4-2-1-3-5-17/h1-9,12-13,21-22H,10-11,14-15H2,(H,30,32)/t21-,22+/m0/s1. The number of halogens is 3. The van der Waals surface area contributed by atoms with E-state index in [2.05, 4.69) is 5.32 Å². The minimum Gasteiger partial charge on any atom is -0.489 e. The molecule has 7 heteroatoms. The summed E-state index contributed by atoms with van der Waals surface area (Å²) in [5.74, 6) is -4.42. The fraction of sp³-hybridized carbons (Fsp3) is 0.231. The van der Waals surface area contributed by atoms with Crippen LogP contribution in [0, 0.1) is 23.4 Å². The van der Waals surface area contributed by atoms with Crippen molar-refractivity contribution in [3.8, 4) is 5.75 Å². The summed E-state index contributed by atoms with van der Waals surface area (Å²) in [5.41, 5.74) is 1.22. The molecule has 4 nitrogen and oxygen atoms in total. The highest BCUT2D eigenvalue weighted by molar-refractivity contribution is 5.90. The summed E-state index contributed by atoms with van der Waals surface area (Å²) in [5, 5.41) is 2.61. The number of hydrogen-bond acceptors (Lipinski definition) is 3. The quantitative estimate of drug-likeness (QED) is 0.537. The van der Waals surface area contributed by atoms with Gasteiger partial charge in [0.05, 0.1) is 5.92 Å². The highest BCUT2D eigenvalue weighted by atomic mass is 19.1. The van der Waals surface area contributed by atoms with Crippen molar-refractivity contribution >= 4 is 11.7 Å². The molecule has 1 heterocycles. The van der Waals surface area contributed by atoms with Gasteiger partial charge in [-0.25, -0.2) is 13.2 Å². The minimum atomic E-state index is -0.891.